The Balaban J connectivity index is 2.04. The van der Waals surface area contributed by atoms with Gasteiger partial charge in [0.2, 0.25) is 5.91 Å². The van der Waals surface area contributed by atoms with Gasteiger partial charge in [0.15, 0.2) is 0 Å². The molecule has 3 N–H and O–H groups in total. The van der Waals surface area contributed by atoms with Crippen molar-refractivity contribution in [3.05, 3.63) is 41.2 Å². The molecule has 1 aliphatic heterocycles. The van der Waals surface area contributed by atoms with E-state index in [1.165, 1.54) is 17.0 Å². The number of carbonyl (C=O) groups excluding carboxylic acids is 2. The lowest BCUT2D eigenvalue weighted by Crippen LogP contribution is -2.27. The second-order valence-corrected chi connectivity index (χ2v) is 5.49. The summed E-state index contributed by atoms with van der Waals surface area (Å²) in [5, 5.41) is 2.49. The molecule has 0 aliphatic carbocycles. The van der Waals surface area contributed by atoms with Crippen molar-refractivity contribution in [3.63, 3.8) is 0 Å². The molecular weight excluding hydrogens is 311 g/mol. The highest BCUT2D eigenvalue weighted by Crippen LogP contribution is 2.23. The fourth-order valence-corrected chi connectivity index (χ4v) is 2.34. The second-order valence-electron chi connectivity index (χ2n) is 5.49. The molecule has 128 valence electrons. The molecule has 1 aromatic carbocycles. The van der Waals surface area contributed by atoms with Crippen LogP contribution in [0, 0.1) is 5.82 Å². The van der Waals surface area contributed by atoms with Crippen LogP contribution in [0.5, 0.6) is 0 Å². The average Bonchev–Trinajstić information content (AvgIpc) is 2.99. The van der Waals surface area contributed by atoms with Gasteiger partial charge in [-0.2, -0.15) is 0 Å². The van der Waals surface area contributed by atoms with E-state index in [0.717, 1.165) is 12.0 Å². The molecule has 0 spiro atoms. The number of nitrogens with zero attached hydrogens (tertiary/aromatic N) is 2. The first-order chi connectivity index (χ1) is 11.4. The zero-order valence-electron chi connectivity index (χ0n) is 13.8. The Labute approximate surface area is 140 Å². The van der Waals surface area contributed by atoms with Gasteiger partial charge in [-0.25, -0.2) is 9.38 Å². The summed E-state index contributed by atoms with van der Waals surface area (Å²) in [4.78, 5) is 29.2. The van der Waals surface area contributed by atoms with Gasteiger partial charge in [0.05, 0.1) is 5.56 Å². The van der Waals surface area contributed by atoms with Crippen LogP contribution < -0.4 is 16.0 Å². The van der Waals surface area contributed by atoms with Crippen LogP contribution in [0.25, 0.3) is 0 Å². The van der Waals surface area contributed by atoms with E-state index in [0.29, 0.717) is 24.5 Å². The minimum absolute atomic E-state index is 0.0317. The molecule has 1 aliphatic rings. The molecule has 1 fully saturated rings. The maximum atomic E-state index is 14.2. The van der Waals surface area contributed by atoms with Gasteiger partial charge in [-0.15, -0.1) is 0 Å². The Morgan fingerprint density at radius 3 is 2.83 bits per heavy atom. The highest BCUT2D eigenvalue weighted by Gasteiger charge is 2.23. The zero-order chi connectivity index (χ0) is 17.7. The number of nitrogens with two attached hydrogens (primary N) is 1. The van der Waals surface area contributed by atoms with Gasteiger partial charge in [-0.1, -0.05) is 6.08 Å². The fourth-order valence-electron chi connectivity index (χ4n) is 2.34. The molecule has 0 saturated carbocycles. The van der Waals surface area contributed by atoms with Crippen LogP contribution in [-0.2, 0) is 4.79 Å². The number of amidine groups is 1. The van der Waals surface area contributed by atoms with Crippen molar-refractivity contribution in [3.8, 4) is 0 Å². The summed E-state index contributed by atoms with van der Waals surface area (Å²) in [6.45, 7) is 4.17. The topological polar surface area (TPSA) is 87.8 Å². The minimum atomic E-state index is -0.675. The fraction of sp³-hybridized carbons (Fsp3) is 0.353. The monoisotopic (exact) mass is 332 g/mol. The molecule has 0 atom stereocenters. The number of aliphatic imine (C=N–C) groups is 1. The molecule has 24 heavy (non-hydrogen) atoms. The SMILES string of the molecule is C/C=C(/C)C(N)=NCNC(=O)c1ccc(N2CCCC2=O)cc1F. The molecule has 2 amide bonds. The van der Waals surface area contributed by atoms with E-state index in [-0.39, 0.29) is 18.1 Å². The van der Waals surface area contributed by atoms with Crippen LogP contribution in [0.15, 0.2) is 34.8 Å². The predicted molar refractivity (Wildman–Crippen MR) is 91.4 cm³/mol. The molecule has 1 aromatic rings. The third-order valence-electron chi connectivity index (χ3n) is 3.91. The number of allylic oxidation sites excluding steroid dienone is 1. The number of anilines is 1. The van der Waals surface area contributed by atoms with Crippen LogP contribution in [0.1, 0.15) is 37.0 Å². The summed E-state index contributed by atoms with van der Waals surface area (Å²) in [5.74, 6) is -0.968. The normalized spacial score (nSPS) is 15.8. The third kappa shape index (κ3) is 3.98. The number of hydrogen-bond donors (Lipinski definition) is 2. The lowest BCUT2D eigenvalue weighted by atomic mass is 10.1. The van der Waals surface area contributed by atoms with Crippen molar-refractivity contribution in [2.24, 2.45) is 10.7 Å². The second kappa shape index (κ2) is 7.72. The third-order valence-corrected chi connectivity index (χ3v) is 3.91. The van der Waals surface area contributed by atoms with Crippen molar-refractivity contribution < 1.29 is 14.0 Å². The van der Waals surface area contributed by atoms with Crippen LogP contribution in [-0.4, -0.2) is 30.9 Å². The van der Waals surface area contributed by atoms with E-state index < -0.39 is 11.7 Å². The van der Waals surface area contributed by atoms with Gasteiger partial charge in [-0.3, -0.25) is 9.59 Å². The lowest BCUT2D eigenvalue weighted by molar-refractivity contribution is -0.117. The number of carbonyl (C=O) groups is 2. The molecule has 1 saturated heterocycles. The van der Waals surface area contributed by atoms with Gasteiger partial charge in [0.1, 0.15) is 18.3 Å². The van der Waals surface area contributed by atoms with Crippen molar-refractivity contribution in [1.82, 2.24) is 5.32 Å². The molecule has 0 radical (unpaired) electrons. The first kappa shape index (κ1) is 17.7. The largest absolute Gasteiger partial charge is 0.384 e. The summed E-state index contributed by atoms with van der Waals surface area (Å²) in [5.41, 5.74) is 6.88. The van der Waals surface area contributed by atoms with Crippen LogP contribution in [0.3, 0.4) is 0 Å². The molecular formula is C17H21FN4O2. The van der Waals surface area contributed by atoms with Gasteiger partial charge in [-0.05, 0) is 44.0 Å². The zero-order valence-corrected chi connectivity index (χ0v) is 13.8. The van der Waals surface area contributed by atoms with Crippen molar-refractivity contribution in [2.75, 3.05) is 18.1 Å². The number of hydrogen-bond acceptors (Lipinski definition) is 3. The number of halogens is 1. The number of amides is 2. The number of nitrogens with one attached hydrogen (secondary N) is 1. The van der Waals surface area contributed by atoms with Gasteiger partial charge in [0, 0.05) is 18.7 Å². The molecule has 0 unspecified atom stereocenters. The quantitative estimate of drug-likeness (QED) is 0.638. The molecule has 2 rings (SSSR count). The average molecular weight is 332 g/mol. The summed E-state index contributed by atoms with van der Waals surface area (Å²) < 4.78 is 14.2. The van der Waals surface area contributed by atoms with Gasteiger partial charge < -0.3 is 16.0 Å². The van der Waals surface area contributed by atoms with Crippen molar-refractivity contribution >= 4 is 23.3 Å². The Morgan fingerprint density at radius 2 is 2.25 bits per heavy atom. The standard InChI is InChI=1S/C17H21FN4O2/c1-3-11(2)16(19)20-10-21-17(24)13-7-6-12(9-14(13)18)22-8-4-5-15(22)23/h3,6-7,9H,4-5,8,10H2,1-2H3,(H2,19,20)(H,21,24)/b11-3-. The first-order valence-electron chi connectivity index (χ1n) is 7.75. The van der Waals surface area contributed by atoms with E-state index in [2.05, 4.69) is 10.3 Å². The molecule has 0 bridgehead atoms. The number of rotatable bonds is 5. The van der Waals surface area contributed by atoms with Crippen LogP contribution >= 0.6 is 0 Å². The van der Waals surface area contributed by atoms with E-state index >= 15 is 0 Å². The van der Waals surface area contributed by atoms with Crippen molar-refractivity contribution in [2.45, 2.75) is 26.7 Å². The Bertz CT molecular complexity index is 713. The van der Waals surface area contributed by atoms with E-state index in [1.54, 1.807) is 19.1 Å². The maximum Gasteiger partial charge on any atom is 0.255 e. The Kier molecular flexibility index (Phi) is 5.68. The summed E-state index contributed by atoms with van der Waals surface area (Å²) in [6.07, 6.45) is 3.03. The van der Waals surface area contributed by atoms with E-state index in [1.807, 2.05) is 6.92 Å². The van der Waals surface area contributed by atoms with E-state index in [9.17, 15) is 14.0 Å². The first-order valence-corrected chi connectivity index (χ1v) is 7.75. The van der Waals surface area contributed by atoms with E-state index in [4.69, 9.17) is 5.73 Å². The summed E-state index contributed by atoms with van der Waals surface area (Å²) in [7, 11) is 0. The Morgan fingerprint density at radius 1 is 1.50 bits per heavy atom. The van der Waals surface area contributed by atoms with Crippen LogP contribution in [0.2, 0.25) is 0 Å². The number of benzene rings is 1. The molecule has 6 nitrogen and oxygen atoms in total. The summed E-state index contributed by atoms with van der Waals surface area (Å²) in [6, 6.07) is 4.15. The molecule has 0 aromatic heterocycles. The van der Waals surface area contributed by atoms with Gasteiger partial charge in [0.25, 0.3) is 5.91 Å². The van der Waals surface area contributed by atoms with Crippen molar-refractivity contribution in [1.29, 1.82) is 0 Å². The van der Waals surface area contributed by atoms with Crippen LogP contribution in [0.4, 0.5) is 10.1 Å². The predicted octanol–water partition coefficient (Wildman–Crippen LogP) is 1.96. The minimum Gasteiger partial charge on any atom is -0.384 e. The summed E-state index contributed by atoms with van der Waals surface area (Å²) >= 11 is 0. The highest BCUT2D eigenvalue weighted by atomic mass is 19.1. The molecule has 1 heterocycles. The lowest BCUT2D eigenvalue weighted by Gasteiger charge is -2.16. The maximum absolute atomic E-state index is 14.2. The molecule has 7 heteroatoms. The van der Waals surface area contributed by atoms with Gasteiger partial charge >= 0.3 is 0 Å². The highest BCUT2D eigenvalue weighted by molar-refractivity contribution is 5.98. The Hall–Kier alpha value is -2.70. The smallest absolute Gasteiger partial charge is 0.255 e.